The van der Waals surface area contributed by atoms with Gasteiger partial charge in [0.1, 0.15) is 0 Å². The summed E-state index contributed by atoms with van der Waals surface area (Å²) in [6.45, 7) is 1.15. The summed E-state index contributed by atoms with van der Waals surface area (Å²) in [4.78, 5) is 17.0. The van der Waals surface area contributed by atoms with Crippen LogP contribution in [0.3, 0.4) is 0 Å². The molecule has 1 aromatic heterocycles. The summed E-state index contributed by atoms with van der Waals surface area (Å²) >= 11 is 7.22. The molecule has 0 atom stereocenters. The van der Waals surface area contributed by atoms with Crippen molar-refractivity contribution in [2.45, 2.75) is 17.7 Å². The number of amides is 1. The molecule has 1 fully saturated rings. The lowest BCUT2D eigenvalue weighted by Crippen LogP contribution is -2.27. The topological polar surface area (TPSA) is 79.4 Å². The summed E-state index contributed by atoms with van der Waals surface area (Å²) in [6, 6.07) is 13.4. The maximum atomic E-state index is 12.6. The molecule has 1 saturated heterocycles. The molecular weight excluding hydrogens is 430 g/mol. The molecular formula is C20H18ClN3O3S2. The van der Waals surface area contributed by atoms with E-state index in [0.717, 1.165) is 18.4 Å². The van der Waals surface area contributed by atoms with Crippen LogP contribution in [0.25, 0.3) is 11.3 Å². The Morgan fingerprint density at radius 3 is 2.52 bits per heavy atom. The summed E-state index contributed by atoms with van der Waals surface area (Å²) in [5, 5.41) is 5.52. The van der Waals surface area contributed by atoms with Crippen LogP contribution in [-0.4, -0.2) is 36.7 Å². The van der Waals surface area contributed by atoms with E-state index in [9.17, 15) is 13.2 Å². The SMILES string of the molecule is O=C(Nc1nc(-c2ccc(S(=O)(=O)N3CCCC3)cc2)cs1)c1cccc(Cl)c1. The summed E-state index contributed by atoms with van der Waals surface area (Å²) in [7, 11) is -3.43. The van der Waals surface area contributed by atoms with E-state index in [4.69, 9.17) is 11.6 Å². The van der Waals surface area contributed by atoms with Gasteiger partial charge < -0.3 is 0 Å². The molecule has 150 valence electrons. The number of nitrogens with zero attached hydrogens (tertiary/aromatic N) is 2. The van der Waals surface area contributed by atoms with Crippen LogP contribution in [0.5, 0.6) is 0 Å². The third kappa shape index (κ3) is 4.35. The molecule has 2 aromatic carbocycles. The van der Waals surface area contributed by atoms with Gasteiger partial charge in [0, 0.05) is 34.6 Å². The first kappa shape index (κ1) is 20.0. The van der Waals surface area contributed by atoms with Crippen LogP contribution in [0.2, 0.25) is 5.02 Å². The van der Waals surface area contributed by atoms with Crippen LogP contribution >= 0.6 is 22.9 Å². The van der Waals surface area contributed by atoms with Gasteiger partial charge >= 0.3 is 0 Å². The van der Waals surface area contributed by atoms with Crippen molar-refractivity contribution in [2.75, 3.05) is 18.4 Å². The third-order valence-corrected chi connectivity index (χ3v) is 7.57. The number of rotatable bonds is 5. The lowest BCUT2D eigenvalue weighted by molar-refractivity contribution is 0.102. The highest BCUT2D eigenvalue weighted by Crippen LogP contribution is 2.28. The highest BCUT2D eigenvalue weighted by Gasteiger charge is 2.27. The zero-order chi connectivity index (χ0) is 20.4. The average Bonchev–Trinajstić information content (AvgIpc) is 3.41. The zero-order valence-electron chi connectivity index (χ0n) is 15.3. The number of hydrogen-bond acceptors (Lipinski definition) is 5. The van der Waals surface area contributed by atoms with Crippen molar-refractivity contribution in [3.8, 4) is 11.3 Å². The van der Waals surface area contributed by atoms with E-state index in [1.54, 1.807) is 48.5 Å². The Hall–Kier alpha value is -2.26. The molecule has 9 heteroatoms. The molecule has 2 heterocycles. The summed E-state index contributed by atoms with van der Waals surface area (Å²) < 4.78 is 26.8. The standard InChI is InChI=1S/C20H18ClN3O3S2/c21-16-5-3-4-15(12-16)19(25)23-20-22-18(13-28-20)14-6-8-17(9-7-14)29(26,27)24-10-1-2-11-24/h3-9,12-13H,1-2,10-11H2,(H,22,23,25). The first-order chi connectivity index (χ1) is 13.9. The molecule has 0 aliphatic carbocycles. The number of halogens is 1. The molecule has 4 rings (SSSR count). The molecule has 3 aromatic rings. The number of benzene rings is 2. The fraction of sp³-hybridized carbons (Fsp3) is 0.200. The number of sulfonamides is 1. The number of carbonyl (C=O) groups is 1. The second-order valence-electron chi connectivity index (χ2n) is 6.64. The van der Waals surface area contributed by atoms with Gasteiger partial charge in [0.05, 0.1) is 10.6 Å². The maximum absolute atomic E-state index is 12.6. The van der Waals surface area contributed by atoms with Gasteiger partial charge in [-0.2, -0.15) is 4.31 Å². The van der Waals surface area contributed by atoms with E-state index in [1.165, 1.54) is 15.6 Å². The summed E-state index contributed by atoms with van der Waals surface area (Å²) in [6.07, 6.45) is 1.81. The molecule has 1 amide bonds. The van der Waals surface area contributed by atoms with Crippen LogP contribution in [0.4, 0.5) is 5.13 Å². The molecule has 6 nitrogen and oxygen atoms in total. The minimum absolute atomic E-state index is 0.285. The minimum atomic E-state index is -3.43. The predicted molar refractivity (Wildman–Crippen MR) is 115 cm³/mol. The highest BCUT2D eigenvalue weighted by molar-refractivity contribution is 7.89. The lowest BCUT2D eigenvalue weighted by atomic mass is 10.2. The number of anilines is 1. The lowest BCUT2D eigenvalue weighted by Gasteiger charge is -2.15. The van der Waals surface area contributed by atoms with Gasteiger partial charge in [0.15, 0.2) is 5.13 Å². The predicted octanol–water partition coefficient (Wildman–Crippen LogP) is 4.50. The Labute approximate surface area is 178 Å². The first-order valence-corrected chi connectivity index (χ1v) is 11.8. The quantitative estimate of drug-likeness (QED) is 0.624. The normalized spacial score (nSPS) is 14.8. The van der Waals surface area contributed by atoms with Crippen molar-refractivity contribution in [1.82, 2.24) is 9.29 Å². The number of hydrogen-bond donors (Lipinski definition) is 1. The van der Waals surface area contributed by atoms with Gasteiger partial charge in [-0.05, 0) is 43.2 Å². The van der Waals surface area contributed by atoms with Crippen molar-refractivity contribution in [3.05, 3.63) is 64.5 Å². The van der Waals surface area contributed by atoms with Crippen molar-refractivity contribution >= 4 is 44.0 Å². The molecule has 0 spiro atoms. The number of carbonyl (C=O) groups excluding carboxylic acids is 1. The average molecular weight is 448 g/mol. The van der Waals surface area contributed by atoms with E-state index in [2.05, 4.69) is 10.3 Å². The second-order valence-corrected chi connectivity index (χ2v) is 9.87. The Bertz CT molecular complexity index is 1140. The summed E-state index contributed by atoms with van der Waals surface area (Å²) in [5.41, 5.74) is 1.90. The fourth-order valence-corrected chi connectivity index (χ4v) is 5.56. The van der Waals surface area contributed by atoms with Crippen LogP contribution in [0.15, 0.2) is 58.8 Å². The zero-order valence-corrected chi connectivity index (χ0v) is 17.7. The minimum Gasteiger partial charge on any atom is -0.298 e. The van der Waals surface area contributed by atoms with Crippen LogP contribution < -0.4 is 5.32 Å². The van der Waals surface area contributed by atoms with Crippen molar-refractivity contribution in [2.24, 2.45) is 0 Å². The Kier molecular flexibility index (Phi) is 5.69. The van der Waals surface area contributed by atoms with E-state index in [0.29, 0.717) is 34.5 Å². The van der Waals surface area contributed by atoms with Gasteiger partial charge in [-0.3, -0.25) is 10.1 Å². The molecule has 0 saturated carbocycles. The molecule has 1 aliphatic heterocycles. The van der Waals surface area contributed by atoms with E-state index < -0.39 is 10.0 Å². The van der Waals surface area contributed by atoms with Crippen LogP contribution in [-0.2, 0) is 10.0 Å². The first-order valence-electron chi connectivity index (χ1n) is 9.06. The molecule has 29 heavy (non-hydrogen) atoms. The van der Waals surface area contributed by atoms with Gasteiger partial charge in [-0.15, -0.1) is 11.3 Å². The molecule has 0 bridgehead atoms. The van der Waals surface area contributed by atoms with Crippen molar-refractivity contribution in [3.63, 3.8) is 0 Å². The molecule has 0 unspecified atom stereocenters. The largest absolute Gasteiger partial charge is 0.298 e. The van der Waals surface area contributed by atoms with Crippen molar-refractivity contribution < 1.29 is 13.2 Å². The number of nitrogens with one attached hydrogen (secondary N) is 1. The van der Waals surface area contributed by atoms with E-state index in [-0.39, 0.29) is 10.8 Å². The van der Waals surface area contributed by atoms with Crippen LogP contribution in [0.1, 0.15) is 23.2 Å². The second kappa shape index (κ2) is 8.23. The Balaban J connectivity index is 1.49. The van der Waals surface area contributed by atoms with Gasteiger partial charge in [-0.25, -0.2) is 13.4 Å². The fourth-order valence-electron chi connectivity index (χ4n) is 3.14. The highest BCUT2D eigenvalue weighted by atomic mass is 35.5. The monoisotopic (exact) mass is 447 g/mol. The van der Waals surface area contributed by atoms with Crippen molar-refractivity contribution in [1.29, 1.82) is 0 Å². The maximum Gasteiger partial charge on any atom is 0.257 e. The smallest absolute Gasteiger partial charge is 0.257 e. The van der Waals surface area contributed by atoms with Gasteiger partial charge in [0.2, 0.25) is 10.0 Å². The van der Waals surface area contributed by atoms with E-state index >= 15 is 0 Å². The number of thiazole rings is 1. The van der Waals surface area contributed by atoms with Gasteiger partial charge in [-0.1, -0.05) is 29.8 Å². The van der Waals surface area contributed by atoms with E-state index in [1.807, 2.05) is 5.38 Å². The van der Waals surface area contributed by atoms with Gasteiger partial charge in [0.25, 0.3) is 5.91 Å². The molecule has 1 aliphatic rings. The molecule has 1 N–H and O–H groups in total. The molecule has 0 radical (unpaired) electrons. The summed E-state index contributed by atoms with van der Waals surface area (Å²) in [5.74, 6) is -0.291. The number of aromatic nitrogens is 1. The third-order valence-electron chi connectivity index (χ3n) is 4.66. The Morgan fingerprint density at radius 1 is 1.10 bits per heavy atom. The van der Waals surface area contributed by atoms with Crippen LogP contribution in [0, 0.1) is 0 Å². The Morgan fingerprint density at radius 2 is 1.83 bits per heavy atom.